The number of likely N-dealkylation sites (N-methyl/N-ethyl adjacent to an activating group) is 1. The molecule has 6 rings (SSSR count). The number of benzene rings is 1. The standard InChI is InChI=1S/C24H29FN6O2/c1-13(31-4-6-33-7-5-31)23(32)30(3)20-10-18-17(9-16(20)25)26-22(27-18)21-15-8-14-11-24(14,2)12-19(15)28-29-21/h9-10,13-14H,4-8,11-12H2,1-3H3,(H,26,27)(H,28,29)/t13-,14+,24+/m0/s1. The van der Waals surface area contributed by atoms with E-state index < -0.39 is 5.82 Å². The van der Waals surface area contributed by atoms with Gasteiger partial charge in [-0.1, -0.05) is 6.92 Å². The summed E-state index contributed by atoms with van der Waals surface area (Å²) in [5, 5.41) is 7.74. The SMILES string of the molecule is C[C@@H](C(=O)N(C)c1cc2nc(-c3n[nH]c4c3C[C@@H]3C[C@]3(C)C4)[nH]c2cc1F)N1CCOCC1. The lowest BCUT2D eigenvalue weighted by atomic mass is 9.88. The molecule has 2 fully saturated rings. The minimum atomic E-state index is -0.458. The molecule has 3 aliphatic rings. The molecule has 1 aliphatic heterocycles. The first kappa shape index (κ1) is 20.8. The lowest BCUT2D eigenvalue weighted by Crippen LogP contribution is -2.50. The molecule has 1 aromatic carbocycles. The van der Waals surface area contributed by atoms with Crippen LogP contribution in [0.1, 0.15) is 31.5 Å². The van der Waals surface area contributed by atoms with Crippen LogP contribution < -0.4 is 4.90 Å². The number of imidazole rings is 1. The Balaban J connectivity index is 1.29. The average Bonchev–Trinajstić information content (AvgIpc) is 3.10. The smallest absolute Gasteiger partial charge is 0.243 e. The lowest BCUT2D eigenvalue weighted by Gasteiger charge is -2.33. The van der Waals surface area contributed by atoms with Crippen molar-refractivity contribution in [1.82, 2.24) is 25.1 Å². The Morgan fingerprint density at radius 3 is 2.94 bits per heavy atom. The molecule has 9 heteroatoms. The number of aromatic nitrogens is 4. The number of rotatable bonds is 4. The summed E-state index contributed by atoms with van der Waals surface area (Å²) < 4.78 is 20.4. The molecular weight excluding hydrogens is 423 g/mol. The van der Waals surface area contributed by atoms with Gasteiger partial charge in [-0.3, -0.25) is 14.8 Å². The normalized spacial score (nSPS) is 25.5. The van der Waals surface area contributed by atoms with Gasteiger partial charge in [-0.25, -0.2) is 9.37 Å². The number of nitrogens with one attached hydrogen (secondary N) is 2. The molecule has 3 aromatic rings. The van der Waals surface area contributed by atoms with Crippen molar-refractivity contribution in [2.45, 2.75) is 39.2 Å². The molecule has 33 heavy (non-hydrogen) atoms. The topological polar surface area (TPSA) is 90.1 Å². The third-order valence-electron chi connectivity index (χ3n) is 7.94. The Morgan fingerprint density at radius 2 is 2.15 bits per heavy atom. The molecule has 0 spiro atoms. The highest BCUT2D eigenvalue weighted by molar-refractivity contribution is 5.98. The van der Waals surface area contributed by atoms with E-state index in [1.165, 1.54) is 28.6 Å². The Kier molecular flexibility index (Phi) is 4.64. The Morgan fingerprint density at radius 1 is 1.36 bits per heavy atom. The molecule has 3 heterocycles. The second-order valence-corrected chi connectivity index (χ2v) is 10.1. The van der Waals surface area contributed by atoms with Crippen molar-refractivity contribution in [3.8, 4) is 11.5 Å². The molecule has 3 atom stereocenters. The minimum Gasteiger partial charge on any atom is -0.379 e. The first-order chi connectivity index (χ1) is 15.8. The van der Waals surface area contributed by atoms with Gasteiger partial charge in [-0.05, 0) is 43.6 Å². The number of carbonyl (C=O) groups excluding carboxylic acids is 1. The molecule has 174 valence electrons. The van der Waals surface area contributed by atoms with Gasteiger partial charge >= 0.3 is 0 Å². The Labute approximate surface area is 191 Å². The molecule has 1 saturated carbocycles. The van der Waals surface area contributed by atoms with Gasteiger partial charge in [-0.15, -0.1) is 0 Å². The summed E-state index contributed by atoms with van der Waals surface area (Å²) in [4.78, 5) is 24.5. The van der Waals surface area contributed by atoms with E-state index in [2.05, 4.69) is 27.0 Å². The van der Waals surface area contributed by atoms with Crippen LogP contribution in [0.3, 0.4) is 0 Å². The van der Waals surface area contributed by atoms with Gasteiger partial charge in [0.25, 0.3) is 0 Å². The predicted molar refractivity (Wildman–Crippen MR) is 123 cm³/mol. The molecule has 1 saturated heterocycles. The first-order valence-corrected chi connectivity index (χ1v) is 11.7. The van der Waals surface area contributed by atoms with Crippen LogP contribution in [0.2, 0.25) is 0 Å². The van der Waals surface area contributed by atoms with Gasteiger partial charge in [0.1, 0.15) is 11.5 Å². The van der Waals surface area contributed by atoms with E-state index in [0.29, 0.717) is 54.5 Å². The highest BCUT2D eigenvalue weighted by Crippen LogP contribution is 2.59. The van der Waals surface area contributed by atoms with Gasteiger partial charge < -0.3 is 14.6 Å². The largest absolute Gasteiger partial charge is 0.379 e. The summed E-state index contributed by atoms with van der Waals surface area (Å²) in [6, 6.07) is 2.71. The number of halogens is 1. The zero-order valence-electron chi connectivity index (χ0n) is 19.2. The van der Waals surface area contributed by atoms with Crippen LogP contribution in [-0.2, 0) is 22.4 Å². The van der Waals surface area contributed by atoms with E-state index in [1.807, 2.05) is 6.92 Å². The molecule has 2 aliphatic carbocycles. The fourth-order valence-electron chi connectivity index (χ4n) is 5.56. The molecule has 0 bridgehead atoms. The monoisotopic (exact) mass is 452 g/mol. The number of ether oxygens (including phenoxy) is 1. The summed E-state index contributed by atoms with van der Waals surface area (Å²) in [6.07, 6.45) is 3.28. The summed E-state index contributed by atoms with van der Waals surface area (Å²) in [6.45, 7) is 6.80. The first-order valence-electron chi connectivity index (χ1n) is 11.7. The highest BCUT2D eigenvalue weighted by atomic mass is 19.1. The lowest BCUT2D eigenvalue weighted by molar-refractivity contribution is -0.124. The van der Waals surface area contributed by atoms with Crippen LogP contribution in [0.25, 0.3) is 22.6 Å². The summed E-state index contributed by atoms with van der Waals surface area (Å²) >= 11 is 0. The van der Waals surface area contributed by atoms with Gasteiger partial charge in [0, 0.05) is 37.5 Å². The second-order valence-electron chi connectivity index (χ2n) is 10.1. The van der Waals surface area contributed by atoms with Crippen molar-refractivity contribution in [1.29, 1.82) is 0 Å². The van der Waals surface area contributed by atoms with Gasteiger partial charge in [0.15, 0.2) is 5.82 Å². The van der Waals surface area contributed by atoms with Crippen molar-refractivity contribution in [2.24, 2.45) is 11.3 Å². The molecule has 0 unspecified atom stereocenters. The number of carbonyl (C=O) groups is 1. The van der Waals surface area contributed by atoms with Crippen molar-refractivity contribution >= 4 is 22.6 Å². The summed E-state index contributed by atoms with van der Waals surface area (Å²) in [5.41, 5.74) is 5.09. The van der Waals surface area contributed by atoms with Crippen molar-refractivity contribution in [3.63, 3.8) is 0 Å². The van der Waals surface area contributed by atoms with Gasteiger partial charge in [0.05, 0.1) is 36.0 Å². The van der Waals surface area contributed by atoms with E-state index in [4.69, 9.17) is 9.72 Å². The van der Waals surface area contributed by atoms with E-state index >= 15 is 4.39 Å². The Hall–Kier alpha value is -2.78. The van der Waals surface area contributed by atoms with Crippen LogP contribution in [0.5, 0.6) is 0 Å². The van der Waals surface area contributed by atoms with E-state index in [1.54, 1.807) is 13.1 Å². The molecular formula is C24H29FN6O2. The van der Waals surface area contributed by atoms with Crippen molar-refractivity contribution in [2.75, 3.05) is 38.3 Å². The van der Waals surface area contributed by atoms with Crippen LogP contribution in [-0.4, -0.2) is 70.4 Å². The number of H-pyrrole nitrogens is 2. The average molecular weight is 453 g/mol. The molecule has 2 aromatic heterocycles. The summed E-state index contributed by atoms with van der Waals surface area (Å²) in [7, 11) is 1.62. The van der Waals surface area contributed by atoms with Crippen LogP contribution >= 0.6 is 0 Å². The van der Waals surface area contributed by atoms with E-state index in [9.17, 15) is 4.79 Å². The van der Waals surface area contributed by atoms with Crippen LogP contribution in [0.15, 0.2) is 12.1 Å². The number of hydrogen-bond donors (Lipinski definition) is 2. The second kappa shape index (κ2) is 7.36. The molecule has 8 nitrogen and oxygen atoms in total. The van der Waals surface area contributed by atoms with Crippen molar-refractivity contribution < 1.29 is 13.9 Å². The van der Waals surface area contributed by atoms with E-state index in [-0.39, 0.29) is 17.6 Å². The zero-order valence-corrected chi connectivity index (χ0v) is 19.2. The van der Waals surface area contributed by atoms with Crippen molar-refractivity contribution in [3.05, 3.63) is 29.2 Å². The van der Waals surface area contributed by atoms with Gasteiger partial charge in [-0.2, -0.15) is 5.10 Å². The number of hydrogen-bond acceptors (Lipinski definition) is 5. The molecule has 0 radical (unpaired) electrons. The third-order valence-corrected chi connectivity index (χ3v) is 7.94. The summed E-state index contributed by atoms with van der Waals surface area (Å²) in [5.74, 6) is 0.738. The number of aromatic amines is 2. The van der Waals surface area contributed by atoms with Crippen LogP contribution in [0.4, 0.5) is 10.1 Å². The molecule has 1 amide bonds. The predicted octanol–water partition coefficient (Wildman–Crippen LogP) is 2.90. The number of nitrogens with zero attached hydrogens (tertiary/aromatic N) is 4. The Bertz CT molecular complexity index is 1250. The number of fused-ring (bicyclic) bond motifs is 3. The third kappa shape index (κ3) is 3.36. The number of morpholine rings is 1. The van der Waals surface area contributed by atoms with Crippen LogP contribution in [0, 0.1) is 17.2 Å². The van der Waals surface area contributed by atoms with Gasteiger partial charge in [0.2, 0.25) is 5.91 Å². The maximum Gasteiger partial charge on any atom is 0.243 e. The number of anilines is 1. The van der Waals surface area contributed by atoms with E-state index in [0.717, 1.165) is 18.5 Å². The maximum atomic E-state index is 15.1. The fourth-order valence-corrected chi connectivity index (χ4v) is 5.56. The number of amides is 1. The minimum absolute atomic E-state index is 0.153. The quantitative estimate of drug-likeness (QED) is 0.635. The highest BCUT2D eigenvalue weighted by Gasteiger charge is 2.53. The fraction of sp³-hybridized carbons (Fsp3) is 0.542. The zero-order chi connectivity index (χ0) is 22.9. The molecule has 2 N–H and O–H groups in total. The maximum absolute atomic E-state index is 15.1.